The molecular formula is C14H18N2O4. The van der Waals surface area contributed by atoms with Crippen molar-refractivity contribution < 1.29 is 19.4 Å². The van der Waals surface area contributed by atoms with Crippen LogP contribution in [0.2, 0.25) is 0 Å². The zero-order chi connectivity index (χ0) is 14.7. The third kappa shape index (κ3) is 2.91. The van der Waals surface area contributed by atoms with E-state index >= 15 is 0 Å². The van der Waals surface area contributed by atoms with Gasteiger partial charge in [0.05, 0.1) is 13.2 Å². The number of morpholine rings is 1. The van der Waals surface area contributed by atoms with Gasteiger partial charge in [-0.1, -0.05) is 6.07 Å². The second-order valence-electron chi connectivity index (χ2n) is 4.87. The van der Waals surface area contributed by atoms with Crippen molar-refractivity contribution in [1.29, 1.82) is 0 Å². The first-order valence-electron chi connectivity index (χ1n) is 6.39. The minimum atomic E-state index is -1.04. The third-order valence-corrected chi connectivity index (χ3v) is 3.28. The van der Waals surface area contributed by atoms with Crippen LogP contribution < -0.4 is 4.90 Å². The fraction of sp³-hybridized carbons (Fsp3) is 0.429. The van der Waals surface area contributed by atoms with Gasteiger partial charge in [0.15, 0.2) is 6.04 Å². The number of amides is 1. The third-order valence-electron chi connectivity index (χ3n) is 3.28. The van der Waals surface area contributed by atoms with E-state index in [1.54, 1.807) is 18.2 Å². The number of benzene rings is 1. The Morgan fingerprint density at radius 2 is 2.15 bits per heavy atom. The fourth-order valence-corrected chi connectivity index (χ4v) is 2.13. The monoisotopic (exact) mass is 278 g/mol. The zero-order valence-electron chi connectivity index (χ0n) is 11.6. The first-order chi connectivity index (χ1) is 9.50. The van der Waals surface area contributed by atoms with Crippen LogP contribution in [0.3, 0.4) is 0 Å². The fourth-order valence-electron chi connectivity index (χ4n) is 2.13. The normalized spacial score (nSPS) is 18.7. The van der Waals surface area contributed by atoms with Crippen LogP contribution in [0.15, 0.2) is 24.3 Å². The van der Waals surface area contributed by atoms with E-state index in [1.807, 2.05) is 25.1 Å². The molecule has 1 atom stereocenters. The average Bonchev–Trinajstić information content (AvgIpc) is 2.46. The molecule has 0 spiro atoms. The highest BCUT2D eigenvalue weighted by molar-refractivity contribution is 5.97. The maximum atomic E-state index is 12.5. The largest absolute Gasteiger partial charge is 0.480 e. The van der Waals surface area contributed by atoms with Gasteiger partial charge in [-0.15, -0.1) is 0 Å². The molecule has 1 N–H and O–H groups in total. The molecule has 1 saturated heterocycles. The van der Waals surface area contributed by atoms with Crippen molar-refractivity contribution in [3.05, 3.63) is 29.8 Å². The summed E-state index contributed by atoms with van der Waals surface area (Å²) in [5.41, 5.74) is 1.39. The lowest BCUT2D eigenvalue weighted by Gasteiger charge is -2.33. The van der Waals surface area contributed by atoms with E-state index in [-0.39, 0.29) is 12.5 Å². The molecule has 1 unspecified atom stereocenters. The number of rotatable bonds is 3. The lowest BCUT2D eigenvalue weighted by molar-refractivity contribution is -0.147. The molecule has 0 saturated carbocycles. The van der Waals surface area contributed by atoms with Gasteiger partial charge < -0.3 is 19.6 Å². The van der Waals surface area contributed by atoms with Crippen molar-refractivity contribution in [1.82, 2.24) is 4.90 Å². The molecule has 1 amide bonds. The summed E-state index contributed by atoms with van der Waals surface area (Å²) in [5, 5.41) is 9.17. The Kier molecular flexibility index (Phi) is 4.24. The van der Waals surface area contributed by atoms with Gasteiger partial charge in [-0.3, -0.25) is 4.79 Å². The Balaban J connectivity index is 2.25. The number of anilines is 1. The van der Waals surface area contributed by atoms with Gasteiger partial charge in [0, 0.05) is 31.9 Å². The Morgan fingerprint density at radius 1 is 1.40 bits per heavy atom. The number of aliphatic carboxylic acids is 1. The van der Waals surface area contributed by atoms with Crippen LogP contribution >= 0.6 is 0 Å². The van der Waals surface area contributed by atoms with Crippen molar-refractivity contribution in [3.8, 4) is 0 Å². The molecule has 1 heterocycles. The van der Waals surface area contributed by atoms with Crippen LogP contribution in [0.4, 0.5) is 5.69 Å². The van der Waals surface area contributed by atoms with Gasteiger partial charge in [0.1, 0.15) is 0 Å². The van der Waals surface area contributed by atoms with Crippen LogP contribution in [-0.2, 0) is 9.53 Å². The predicted octanol–water partition coefficient (Wildman–Crippen LogP) is 0.678. The summed E-state index contributed by atoms with van der Waals surface area (Å²) in [6.45, 7) is 0.694. The highest BCUT2D eigenvalue weighted by Crippen LogP contribution is 2.17. The summed E-state index contributed by atoms with van der Waals surface area (Å²) >= 11 is 0. The standard InChI is InChI=1S/C14H18N2O4/c1-15(2)11-5-3-4-10(8-11)13(17)16-6-7-20-9-12(16)14(18)19/h3-5,8,12H,6-7,9H2,1-2H3,(H,18,19). The number of nitrogens with zero attached hydrogens (tertiary/aromatic N) is 2. The molecule has 0 aromatic heterocycles. The number of ether oxygens (including phenoxy) is 1. The first kappa shape index (κ1) is 14.3. The van der Waals surface area contributed by atoms with Crippen molar-refractivity contribution in [2.75, 3.05) is 38.8 Å². The number of carboxylic acids is 1. The summed E-state index contributed by atoms with van der Waals surface area (Å²) in [5.74, 6) is -1.31. The molecule has 0 aliphatic carbocycles. The van der Waals surface area contributed by atoms with Crippen LogP contribution in [0.25, 0.3) is 0 Å². The highest BCUT2D eigenvalue weighted by atomic mass is 16.5. The van der Waals surface area contributed by atoms with Crippen molar-refractivity contribution in [3.63, 3.8) is 0 Å². The Labute approximate surface area is 117 Å². The molecule has 6 nitrogen and oxygen atoms in total. The minimum Gasteiger partial charge on any atom is -0.480 e. The molecular weight excluding hydrogens is 260 g/mol. The second kappa shape index (κ2) is 5.92. The molecule has 108 valence electrons. The SMILES string of the molecule is CN(C)c1cccc(C(=O)N2CCOCC2C(=O)O)c1. The van der Waals surface area contributed by atoms with E-state index in [9.17, 15) is 9.59 Å². The van der Waals surface area contributed by atoms with Crippen LogP contribution in [0, 0.1) is 0 Å². The number of carbonyl (C=O) groups excluding carboxylic acids is 1. The van der Waals surface area contributed by atoms with E-state index in [4.69, 9.17) is 9.84 Å². The minimum absolute atomic E-state index is 0.0362. The van der Waals surface area contributed by atoms with E-state index < -0.39 is 12.0 Å². The number of hydrogen-bond donors (Lipinski definition) is 1. The van der Waals surface area contributed by atoms with Crippen molar-refractivity contribution in [2.45, 2.75) is 6.04 Å². The average molecular weight is 278 g/mol. The molecule has 1 aliphatic heterocycles. The van der Waals surface area contributed by atoms with Crippen molar-refractivity contribution >= 4 is 17.6 Å². The van der Waals surface area contributed by atoms with E-state index in [0.717, 1.165) is 5.69 Å². The van der Waals surface area contributed by atoms with Crippen molar-refractivity contribution in [2.24, 2.45) is 0 Å². The smallest absolute Gasteiger partial charge is 0.328 e. The second-order valence-corrected chi connectivity index (χ2v) is 4.87. The van der Waals surface area contributed by atoms with Gasteiger partial charge in [-0.2, -0.15) is 0 Å². The maximum absolute atomic E-state index is 12.5. The quantitative estimate of drug-likeness (QED) is 0.880. The van der Waals surface area contributed by atoms with Crippen LogP contribution in [-0.4, -0.2) is 61.8 Å². The van der Waals surface area contributed by atoms with Crippen LogP contribution in [0.1, 0.15) is 10.4 Å². The van der Waals surface area contributed by atoms with E-state index in [0.29, 0.717) is 18.7 Å². The molecule has 0 radical (unpaired) electrons. The van der Waals surface area contributed by atoms with E-state index in [2.05, 4.69) is 0 Å². The first-order valence-corrected chi connectivity index (χ1v) is 6.39. The summed E-state index contributed by atoms with van der Waals surface area (Å²) in [6, 6.07) is 6.23. The lowest BCUT2D eigenvalue weighted by Crippen LogP contribution is -2.52. The van der Waals surface area contributed by atoms with Gasteiger partial charge in [0.2, 0.25) is 0 Å². The summed E-state index contributed by atoms with van der Waals surface area (Å²) in [6.07, 6.45) is 0. The summed E-state index contributed by atoms with van der Waals surface area (Å²) in [4.78, 5) is 26.9. The Morgan fingerprint density at radius 3 is 2.80 bits per heavy atom. The topological polar surface area (TPSA) is 70.1 Å². The number of carboxylic acid groups (broad SMARTS) is 1. The summed E-state index contributed by atoms with van der Waals surface area (Å²) in [7, 11) is 3.77. The predicted molar refractivity (Wildman–Crippen MR) is 74.0 cm³/mol. The maximum Gasteiger partial charge on any atom is 0.328 e. The molecule has 1 fully saturated rings. The summed E-state index contributed by atoms with van der Waals surface area (Å²) < 4.78 is 5.14. The molecule has 2 rings (SSSR count). The molecule has 1 aliphatic rings. The molecule has 1 aromatic carbocycles. The van der Waals surface area contributed by atoms with Crippen LogP contribution in [0.5, 0.6) is 0 Å². The lowest BCUT2D eigenvalue weighted by atomic mass is 10.1. The number of carbonyl (C=O) groups is 2. The molecule has 20 heavy (non-hydrogen) atoms. The van der Waals surface area contributed by atoms with E-state index in [1.165, 1.54) is 4.90 Å². The van der Waals surface area contributed by atoms with Gasteiger partial charge in [-0.25, -0.2) is 4.79 Å². The zero-order valence-corrected chi connectivity index (χ0v) is 11.6. The Hall–Kier alpha value is -2.08. The molecule has 0 bridgehead atoms. The van der Waals surface area contributed by atoms with Gasteiger partial charge in [0.25, 0.3) is 5.91 Å². The number of hydrogen-bond acceptors (Lipinski definition) is 4. The van der Waals surface area contributed by atoms with Gasteiger partial charge >= 0.3 is 5.97 Å². The molecule has 1 aromatic rings. The highest BCUT2D eigenvalue weighted by Gasteiger charge is 2.33. The molecule has 6 heteroatoms. The Bertz CT molecular complexity index is 516. The van der Waals surface area contributed by atoms with Gasteiger partial charge in [-0.05, 0) is 18.2 Å².